The van der Waals surface area contributed by atoms with Crippen LogP contribution in [0.1, 0.15) is 23.0 Å². The molecule has 19 heavy (non-hydrogen) atoms. The predicted molar refractivity (Wildman–Crippen MR) is 63.4 cm³/mol. The molecule has 1 aliphatic rings. The fourth-order valence-electron chi connectivity index (χ4n) is 1.75. The van der Waals surface area contributed by atoms with Gasteiger partial charge in [0.1, 0.15) is 0 Å². The quantitative estimate of drug-likeness (QED) is 0.813. The van der Waals surface area contributed by atoms with Crippen LogP contribution in [0.5, 0.6) is 0 Å². The molecule has 1 aromatic heterocycles. The van der Waals surface area contributed by atoms with E-state index in [-0.39, 0.29) is 12.3 Å². The lowest BCUT2D eigenvalue weighted by Crippen LogP contribution is -2.41. The van der Waals surface area contributed by atoms with Crippen molar-refractivity contribution >= 4 is 17.9 Å². The Kier molecular flexibility index (Phi) is 3.55. The highest BCUT2D eigenvalue weighted by molar-refractivity contribution is 5.99. The molecule has 0 aliphatic carbocycles. The van der Waals surface area contributed by atoms with Gasteiger partial charge in [-0.25, -0.2) is 9.59 Å². The zero-order chi connectivity index (χ0) is 14.0. The first-order valence-electron chi connectivity index (χ1n) is 5.85. The Morgan fingerprint density at radius 1 is 1.53 bits per heavy atom. The molecule has 1 atom stereocenters. The van der Waals surface area contributed by atoms with Crippen LogP contribution in [0, 0.1) is 6.92 Å². The fraction of sp³-hybridized carbons (Fsp3) is 0.417. The lowest BCUT2D eigenvalue weighted by molar-refractivity contribution is -0.136. The number of carbonyl (C=O) groups excluding carboxylic acids is 3. The summed E-state index contributed by atoms with van der Waals surface area (Å²) >= 11 is 0. The minimum absolute atomic E-state index is 0.0607. The van der Waals surface area contributed by atoms with E-state index in [1.807, 2.05) is 0 Å². The third-order valence-corrected chi connectivity index (χ3v) is 2.80. The second kappa shape index (κ2) is 5.13. The molecule has 1 aliphatic heterocycles. The average Bonchev–Trinajstić information content (AvgIpc) is 2.96. The topological polar surface area (TPSA) is 88.8 Å². The van der Waals surface area contributed by atoms with Crippen LogP contribution in [0.4, 0.5) is 4.79 Å². The van der Waals surface area contributed by atoms with Crippen molar-refractivity contribution in [3.05, 3.63) is 23.7 Å². The van der Waals surface area contributed by atoms with Gasteiger partial charge in [0.2, 0.25) is 5.76 Å². The van der Waals surface area contributed by atoms with Gasteiger partial charge in [0, 0.05) is 18.7 Å². The molecule has 102 valence electrons. The van der Waals surface area contributed by atoms with E-state index in [2.05, 4.69) is 5.32 Å². The summed E-state index contributed by atoms with van der Waals surface area (Å²) in [5, 5.41) is 2.50. The molecule has 0 aromatic carbocycles. The second-order valence-corrected chi connectivity index (χ2v) is 4.20. The summed E-state index contributed by atoms with van der Waals surface area (Å²) in [6, 6.07) is 1.15. The summed E-state index contributed by atoms with van der Waals surface area (Å²) in [7, 11) is 0. The highest BCUT2D eigenvalue weighted by atomic mass is 16.6. The van der Waals surface area contributed by atoms with E-state index in [0.29, 0.717) is 12.1 Å². The standard InChI is InChI=1S/C12H14N2O5/c1-7-3-6-18-9(7)11(16)19-8(2)10(15)14-5-4-13-12(14)17/h3,6,8H,4-5H2,1-2H3,(H,13,17). The van der Waals surface area contributed by atoms with Crippen LogP contribution in [0.3, 0.4) is 0 Å². The number of rotatable bonds is 3. The summed E-state index contributed by atoms with van der Waals surface area (Å²) in [6.45, 7) is 3.80. The Bertz CT molecular complexity index is 522. The predicted octanol–water partition coefficient (Wildman–Crippen LogP) is 0.685. The minimum atomic E-state index is -1.04. The van der Waals surface area contributed by atoms with Gasteiger partial charge >= 0.3 is 12.0 Å². The lowest BCUT2D eigenvalue weighted by atomic mass is 10.3. The molecule has 0 bridgehead atoms. The van der Waals surface area contributed by atoms with Crippen LogP contribution in [-0.2, 0) is 9.53 Å². The first kappa shape index (κ1) is 13.1. The van der Waals surface area contributed by atoms with Crippen molar-refractivity contribution in [3.8, 4) is 0 Å². The molecule has 2 rings (SSSR count). The van der Waals surface area contributed by atoms with Crippen LogP contribution >= 0.6 is 0 Å². The number of furan rings is 1. The van der Waals surface area contributed by atoms with E-state index in [1.165, 1.54) is 13.2 Å². The molecule has 1 saturated heterocycles. The maximum Gasteiger partial charge on any atom is 0.375 e. The summed E-state index contributed by atoms with van der Waals surface area (Å²) in [6.07, 6.45) is 0.327. The van der Waals surface area contributed by atoms with Gasteiger partial charge in [-0.1, -0.05) is 0 Å². The minimum Gasteiger partial charge on any atom is -0.457 e. The van der Waals surface area contributed by atoms with Gasteiger partial charge in [-0.3, -0.25) is 9.69 Å². The largest absolute Gasteiger partial charge is 0.457 e. The SMILES string of the molecule is Cc1ccoc1C(=O)OC(C)C(=O)N1CCNC1=O. The van der Waals surface area contributed by atoms with Gasteiger partial charge in [-0.05, 0) is 19.9 Å². The van der Waals surface area contributed by atoms with Crippen LogP contribution in [0.15, 0.2) is 16.7 Å². The first-order valence-corrected chi connectivity index (χ1v) is 5.85. The molecule has 7 heteroatoms. The van der Waals surface area contributed by atoms with Crippen molar-refractivity contribution in [2.75, 3.05) is 13.1 Å². The van der Waals surface area contributed by atoms with Crippen molar-refractivity contribution in [2.24, 2.45) is 0 Å². The van der Waals surface area contributed by atoms with Crippen molar-refractivity contribution in [2.45, 2.75) is 20.0 Å². The molecule has 3 amide bonds. The van der Waals surface area contributed by atoms with E-state index in [4.69, 9.17) is 9.15 Å². The van der Waals surface area contributed by atoms with Crippen LogP contribution in [-0.4, -0.2) is 42.0 Å². The third-order valence-electron chi connectivity index (χ3n) is 2.80. The number of hydrogen-bond acceptors (Lipinski definition) is 5. The number of urea groups is 1. The summed E-state index contributed by atoms with van der Waals surface area (Å²) in [5.41, 5.74) is 0.628. The molecule has 2 heterocycles. The smallest absolute Gasteiger partial charge is 0.375 e. The monoisotopic (exact) mass is 266 g/mol. The van der Waals surface area contributed by atoms with Gasteiger partial charge in [0.05, 0.1) is 6.26 Å². The molecule has 1 aromatic rings. The summed E-state index contributed by atoms with van der Waals surface area (Å²) in [4.78, 5) is 36.0. The zero-order valence-corrected chi connectivity index (χ0v) is 10.6. The number of aryl methyl sites for hydroxylation is 1. The fourth-order valence-corrected chi connectivity index (χ4v) is 1.75. The molecule has 1 N–H and O–H groups in total. The van der Waals surface area contributed by atoms with Gasteiger partial charge in [0.25, 0.3) is 5.91 Å². The van der Waals surface area contributed by atoms with E-state index >= 15 is 0 Å². The number of nitrogens with one attached hydrogen (secondary N) is 1. The van der Waals surface area contributed by atoms with Gasteiger partial charge < -0.3 is 14.5 Å². The number of nitrogens with zero attached hydrogens (tertiary/aromatic N) is 1. The molecular formula is C12H14N2O5. The molecule has 0 radical (unpaired) electrons. The lowest BCUT2D eigenvalue weighted by Gasteiger charge is -2.17. The second-order valence-electron chi connectivity index (χ2n) is 4.20. The Morgan fingerprint density at radius 2 is 2.26 bits per heavy atom. The number of amides is 3. The molecule has 1 unspecified atom stereocenters. The maximum absolute atomic E-state index is 11.9. The molecular weight excluding hydrogens is 252 g/mol. The van der Waals surface area contributed by atoms with Crippen LogP contribution in [0.2, 0.25) is 0 Å². The molecule has 7 nitrogen and oxygen atoms in total. The van der Waals surface area contributed by atoms with Crippen molar-refractivity contribution < 1.29 is 23.5 Å². The van der Waals surface area contributed by atoms with E-state index in [1.54, 1.807) is 13.0 Å². The number of carbonyl (C=O) groups is 3. The first-order chi connectivity index (χ1) is 9.00. The number of ether oxygens (including phenoxy) is 1. The number of esters is 1. The summed E-state index contributed by atoms with van der Waals surface area (Å²) in [5.74, 6) is -1.21. The van der Waals surface area contributed by atoms with E-state index in [9.17, 15) is 14.4 Å². The van der Waals surface area contributed by atoms with Crippen molar-refractivity contribution in [1.29, 1.82) is 0 Å². The highest BCUT2D eigenvalue weighted by Crippen LogP contribution is 2.12. The maximum atomic E-state index is 11.9. The van der Waals surface area contributed by atoms with E-state index in [0.717, 1.165) is 4.90 Å². The molecule has 0 spiro atoms. The summed E-state index contributed by atoms with van der Waals surface area (Å²) < 4.78 is 9.97. The van der Waals surface area contributed by atoms with Gasteiger partial charge in [0.15, 0.2) is 6.10 Å². The Balaban J connectivity index is 1.99. The Labute approximate surface area is 109 Å². The van der Waals surface area contributed by atoms with Crippen molar-refractivity contribution in [1.82, 2.24) is 10.2 Å². The highest BCUT2D eigenvalue weighted by Gasteiger charge is 2.32. The van der Waals surface area contributed by atoms with Gasteiger partial charge in [-0.2, -0.15) is 0 Å². The Morgan fingerprint density at radius 3 is 2.79 bits per heavy atom. The van der Waals surface area contributed by atoms with Crippen LogP contribution in [0.25, 0.3) is 0 Å². The average molecular weight is 266 g/mol. The third kappa shape index (κ3) is 2.59. The number of imide groups is 1. The van der Waals surface area contributed by atoms with Crippen molar-refractivity contribution in [3.63, 3.8) is 0 Å². The zero-order valence-electron chi connectivity index (χ0n) is 10.6. The molecule has 1 fully saturated rings. The van der Waals surface area contributed by atoms with Gasteiger partial charge in [-0.15, -0.1) is 0 Å². The van der Waals surface area contributed by atoms with Crippen LogP contribution < -0.4 is 5.32 Å². The number of hydrogen-bond donors (Lipinski definition) is 1. The molecule has 0 saturated carbocycles. The normalized spacial score (nSPS) is 16.1. The Hall–Kier alpha value is -2.31. The van der Waals surface area contributed by atoms with E-state index < -0.39 is 24.0 Å².